The molecule has 0 spiro atoms. The molecular formula is C23H25N3O3. The van der Waals surface area contributed by atoms with Crippen LogP contribution in [0.1, 0.15) is 38.2 Å². The molecule has 1 unspecified atom stereocenters. The monoisotopic (exact) mass is 391 g/mol. The molecule has 2 aromatic rings. The van der Waals surface area contributed by atoms with Crippen molar-refractivity contribution >= 4 is 23.4 Å². The fourth-order valence-corrected chi connectivity index (χ4v) is 3.40. The molecule has 1 aliphatic heterocycles. The van der Waals surface area contributed by atoms with Crippen LogP contribution in [0.5, 0.6) is 0 Å². The first-order chi connectivity index (χ1) is 13.9. The van der Waals surface area contributed by atoms with E-state index in [0.29, 0.717) is 12.1 Å². The largest absolute Gasteiger partial charge is 0.345 e. The first-order valence-corrected chi connectivity index (χ1v) is 9.67. The van der Waals surface area contributed by atoms with Gasteiger partial charge in [-0.1, -0.05) is 48.5 Å². The van der Waals surface area contributed by atoms with Gasteiger partial charge >= 0.3 is 0 Å². The fourth-order valence-electron chi connectivity index (χ4n) is 3.40. The number of hydrazine groups is 1. The topological polar surface area (TPSA) is 78.5 Å². The van der Waals surface area contributed by atoms with Gasteiger partial charge in [-0.15, -0.1) is 6.58 Å². The summed E-state index contributed by atoms with van der Waals surface area (Å²) in [6.45, 7) is 7.00. The van der Waals surface area contributed by atoms with E-state index < -0.39 is 17.9 Å². The highest BCUT2D eigenvalue weighted by Gasteiger charge is 2.33. The van der Waals surface area contributed by atoms with Crippen molar-refractivity contribution in [3.05, 3.63) is 66.7 Å². The zero-order chi connectivity index (χ0) is 21.0. The Morgan fingerprint density at radius 3 is 2.52 bits per heavy atom. The minimum Gasteiger partial charge on any atom is -0.345 e. The van der Waals surface area contributed by atoms with Crippen molar-refractivity contribution in [1.82, 2.24) is 10.7 Å². The molecular weight excluding hydrogens is 366 g/mol. The van der Waals surface area contributed by atoms with E-state index in [0.717, 1.165) is 16.7 Å². The summed E-state index contributed by atoms with van der Waals surface area (Å²) in [6.07, 6.45) is 2.45. The molecule has 2 aromatic carbocycles. The van der Waals surface area contributed by atoms with Crippen LogP contribution in [0.15, 0.2) is 61.2 Å². The number of hydrogen-bond acceptors (Lipinski definition) is 3. The number of rotatable bonds is 6. The molecule has 0 bridgehead atoms. The summed E-state index contributed by atoms with van der Waals surface area (Å²) in [4.78, 5) is 37.8. The fraction of sp³-hybridized carbons (Fsp3) is 0.261. The average Bonchev–Trinajstić information content (AvgIpc) is 2.82. The van der Waals surface area contributed by atoms with Crippen LogP contribution >= 0.6 is 0 Å². The lowest BCUT2D eigenvalue weighted by Gasteiger charge is -2.27. The molecule has 2 N–H and O–H groups in total. The molecule has 0 aliphatic carbocycles. The normalized spacial score (nSPS) is 16.1. The standard InChI is InChI=1S/C23H25N3O3/c1-4-5-14-21(27)24-16(3)22(28)25-26-20-13-9-8-12-19(20)18-11-7-6-10-17(18)15(2)23(26)29/h4,6-13,15-16H,1,5,14H2,2-3H3,(H,24,27)(H,25,28)/t15?,16-/m0/s1. The molecule has 150 valence electrons. The van der Waals surface area contributed by atoms with Crippen LogP contribution in [-0.4, -0.2) is 23.8 Å². The second-order valence-corrected chi connectivity index (χ2v) is 7.09. The number of nitrogens with one attached hydrogen (secondary N) is 2. The zero-order valence-electron chi connectivity index (χ0n) is 16.6. The molecule has 6 nitrogen and oxygen atoms in total. The highest BCUT2D eigenvalue weighted by molar-refractivity contribution is 6.06. The van der Waals surface area contributed by atoms with Crippen molar-refractivity contribution in [1.29, 1.82) is 0 Å². The van der Waals surface area contributed by atoms with Gasteiger partial charge in [-0.25, -0.2) is 5.01 Å². The Kier molecular flexibility index (Phi) is 6.12. The molecule has 2 atom stereocenters. The van der Waals surface area contributed by atoms with Crippen LogP contribution in [0.4, 0.5) is 5.69 Å². The maximum absolute atomic E-state index is 13.2. The molecule has 0 fully saturated rings. The Balaban J connectivity index is 1.88. The number of carbonyl (C=O) groups is 3. The molecule has 0 saturated carbocycles. The van der Waals surface area contributed by atoms with Gasteiger partial charge in [-0.05, 0) is 37.5 Å². The minimum atomic E-state index is -0.784. The van der Waals surface area contributed by atoms with Gasteiger partial charge in [0.15, 0.2) is 0 Å². The van der Waals surface area contributed by atoms with Crippen LogP contribution in [0.3, 0.4) is 0 Å². The number of anilines is 1. The number of amides is 3. The number of benzene rings is 2. The predicted molar refractivity (Wildman–Crippen MR) is 113 cm³/mol. The third kappa shape index (κ3) is 4.21. The minimum absolute atomic E-state index is 0.235. The lowest BCUT2D eigenvalue weighted by Crippen LogP contribution is -2.54. The van der Waals surface area contributed by atoms with Crippen molar-refractivity contribution < 1.29 is 14.4 Å². The quantitative estimate of drug-likeness (QED) is 0.742. The Hall–Kier alpha value is -3.41. The van der Waals surface area contributed by atoms with Crippen molar-refractivity contribution in [2.24, 2.45) is 0 Å². The smallest absolute Gasteiger partial charge is 0.261 e. The van der Waals surface area contributed by atoms with E-state index in [9.17, 15) is 14.4 Å². The van der Waals surface area contributed by atoms with E-state index in [1.807, 2.05) is 49.4 Å². The average molecular weight is 391 g/mol. The van der Waals surface area contributed by atoms with E-state index in [-0.39, 0.29) is 18.2 Å². The molecule has 1 heterocycles. The summed E-state index contributed by atoms with van der Waals surface area (Å²) in [5.74, 6) is -1.37. The van der Waals surface area contributed by atoms with Crippen LogP contribution in [0.25, 0.3) is 11.1 Å². The van der Waals surface area contributed by atoms with E-state index in [1.54, 1.807) is 19.1 Å². The molecule has 3 amide bonds. The Labute approximate surface area is 170 Å². The first-order valence-electron chi connectivity index (χ1n) is 9.67. The summed E-state index contributed by atoms with van der Waals surface area (Å²) in [5.41, 5.74) is 6.04. The third-order valence-corrected chi connectivity index (χ3v) is 5.02. The van der Waals surface area contributed by atoms with Gasteiger partial charge in [-0.2, -0.15) is 0 Å². The van der Waals surface area contributed by atoms with Crippen molar-refractivity contribution in [2.45, 2.75) is 38.6 Å². The van der Waals surface area contributed by atoms with E-state index in [1.165, 1.54) is 5.01 Å². The Bertz CT molecular complexity index is 954. The lowest BCUT2D eigenvalue weighted by atomic mass is 9.92. The van der Waals surface area contributed by atoms with Gasteiger partial charge < -0.3 is 5.32 Å². The molecule has 1 aliphatic rings. The second kappa shape index (κ2) is 8.73. The highest BCUT2D eigenvalue weighted by Crippen LogP contribution is 2.39. The van der Waals surface area contributed by atoms with Gasteiger partial charge in [0.25, 0.3) is 11.8 Å². The van der Waals surface area contributed by atoms with Crippen LogP contribution < -0.4 is 15.8 Å². The van der Waals surface area contributed by atoms with E-state index >= 15 is 0 Å². The molecule has 29 heavy (non-hydrogen) atoms. The number of hydrogen-bond donors (Lipinski definition) is 2. The van der Waals surface area contributed by atoms with Crippen molar-refractivity contribution in [2.75, 3.05) is 5.01 Å². The van der Waals surface area contributed by atoms with Crippen LogP contribution in [-0.2, 0) is 14.4 Å². The van der Waals surface area contributed by atoms with Crippen LogP contribution in [0.2, 0.25) is 0 Å². The number of nitrogens with zero attached hydrogens (tertiary/aromatic N) is 1. The van der Waals surface area contributed by atoms with Gasteiger partial charge in [0, 0.05) is 12.0 Å². The lowest BCUT2D eigenvalue weighted by molar-refractivity contribution is -0.130. The SMILES string of the molecule is C=CCCC(=O)N[C@@H](C)C(=O)NN1C(=O)C(C)c2ccccc2-c2ccccc21. The number of para-hydroxylation sites is 1. The second-order valence-electron chi connectivity index (χ2n) is 7.09. The Morgan fingerprint density at radius 2 is 1.79 bits per heavy atom. The summed E-state index contributed by atoms with van der Waals surface area (Å²) in [6, 6.07) is 14.4. The van der Waals surface area contributed by atoms with Gasteiger partial charge in [0.2, 0.25) is 5.91 Å². The third-order valence-electron chi connectivity index (χ3n) is 5.02. The number of carbonyl (C=O) groups excluding carboxylic acids is 3. The van der Waals surface area contributed by atoms with Crippen molar-refractivity contribution in [3.63, 3.8) is 0 Å². The predicted octanol–water partition coefficient (Wildman–Crippen LogP) is 3.31. The van der Waals surface area contributed by atoms with Gasteiger partial charge in [0.1, 0.15) is 6.04 Å². The summed E-state index contributed by atoms with van der Waals surface area (Å²) in [7, 11) is 0. The summed E-state index contributed by atoms with van der Waals surface area (Å²) < 4.78 is 0. The molecule has 6 heteroatoms. The Morgan fingerprint density at radius 1 is 1.14 bits per heavy atom. The van der Waals surface area contributed by atoms with Gasteiger partial charge in [-0.3, -0.25) is 19.8 Å². The van der Waals surface area contributed by atoms with Crippen LogP contribution in [0, 0.1) is 0 Å². The number of fused-ring (bicyclic) bond motifs is 3. The van der Waals surface area contributed by atoms with E-state index in [2.05, 4.69) is 17.3 Å². The zero-order valence-corrected chi connectivity index (χ0v) is 16.6. The molecule has 0 saturated heterocycles. The maximum atomic E-state index is 13.2. The molecule has 0 aromatic heterocycles. The molecule has 3 rings (SSSR count). The maximum Gasteiger partial charge on any atom is 0.261 e. The van der Waals surface area contributed by atoms with Gasteiger partial charge in [0.05, 0.1) is 11.6 Å². The number of allylic oxidation sites excluding steroid dienone is 1. The summed E-state index contributed by atoms with van der Waals surface area (Å²) in [5, 5.41) is 3.95. The van der Waals surface area contributed by atoms with E-state index in [4.69, 9.17) is 0 Å². The molecule has 0 radical (unpaired) electrons. The highest BCUT2D eigenvalue weighted by atomic mass is 16.2. The van der Waals surface area contributed by atoms with Crippen molar-refractivity contribution in [3.8, 4) is 11.1 Å². The summed E-state index contributed by atoms with van der Waals surface area (Å²) >= 11 is 0. The first kappa shape index (κ1) is 20.3.